The van der Waals surface area contributed by atoms with Crippen LogP contribution in [0.25, 0.3) is 0 Å². The molecule has 108 valence electrons. The van der Waals surface area contributed by atoms with Crippen molar-refractivity contribution in [1.82, 2.24) is 10.3 Å². The van der Waals surface area contributed by atoms with Crippen molar-refractivity contribution in [2.75, 3.05) is 6.54 Å². The molecule has 2 rings (SSSR count). The van der Waals surface area contributed by atoms with E-state index in [0.29, 0.717) is 12.6 Å². The van der Waals surface area contributed by atoms with Crippen molar-refractivity contribution in [2.45, 2.75) is 39.8 Å². The Hall–Kier alpha value is -1.39. The number of ether oxygens (including phenoxy) is 1. The van der Waals surface area contributed by atoms with Gasteiger partial charge in [-0.05, 0) is 37.6 Å². The van der Waals surface area contributed by atoms with E-state index >= 15 is 0 Å². The van der Waals surface area contributed by atoms with Crippen LogP contribution in [0.15, 0.2) is 29.6 Å². The molecule has 1 aromatic heterocycles. The third-order valence-corrected chi connectivity index (χ3v) is 4.22. The van der Waals surface area contributed by atoms with Crippen LogP contribution in [0.2, 0.25) is 0 Å². The zero-order chi connectivity index (χ0) is 14.4. The lowest BCUT2D eigenvalue weighted by atomic mass is 10.1. The van der Waals surface area contributed by atoms with E-state index in [4.69, 9.17) is 4.74 Å². The SMILES string of the molecule is CCNC(C)c1ccc(OCc2csc(CC)n2)cc1. The fourth-order valence-corrected chi connectivity index (χ4v) is 2.74. The second kappa shape index (κ2) is 7.41. The molecule has 1 unspecified atom stereocenters. The predicted molar refractivity (Wildman–Crippen MR) is 84.4 cm³/mol. The molecule has 1 heterocycles. The van der Waals surface area contributed by atoms with Gasteiger partial charge in [-0.3, -0.25) is 0 Å². The largest absolute Gasteiger partial charge is 0.487 e. The van der Waals surface area contributed by atoms with Gasteiger partial charge >= 0.3 is 0 Å². The molecular weight excluding hydrogens is 268 g/mol. The summed E-state index contributed by atoms with van der Waals surface area (Å²) in [5, 5.41) is 6.63. The number of hydrogen-bond acceptors (Lipinski definition) is 4. The molecule has 2 aromatic rings. The van der Waals surface area contributed by atoms with Gasteiger partial charge in [0, 0.05) is 11.4 Å². The Labute approximate surface area is 125 Å². The van der Waals surface area contributed by atoms with Crippen LogP contribution in [-0.4, -0.2) is 11.5 Å². The Morgan fingerprint density at radius 1 is 1.25 bits per heavy atom. The van der Waals surface area contributed by atoms with E-state index in [1.165, 1.54) is 10.6 Å². The average Bonchev–Trinajstić information content (AvgIpc) is 2.94. The summed E-state index contributed by atoms with van der Waals surface area (Å²) < 4.78 is 5.77. The van der Waals surface area contributed by atoms with Gasteiger partial charge in [0.05, 0.1) is 10.7 Å². The molecule has 1 aromatic carbocycles. The lowest BCUT2D eigenvalue weighted by Gasteiger charge is -2.13. The van der Waals surface area contributed by atoms with Crippen molar-refractivity contribution in [3.8, 4) is 5.75 Å². The number of rotatable bonds is 7. The van der Waals surface area contributed by atoms with E-state index in [-0.39, 0.29) is 0 Å². The van der Waals surface area contributed by atoms with Gasteiger partial charge in [-0.2, -0.15) is 0 Å². The molecular formula is C16H22N2OS. The van der Waals surface area contributed by atoms with Gasteiger partial charge in [-0.15, -0.1) is 11.3 Å². The fraction of sp³-hybridized carbons (Fsp3) is 0.438. The summed E-state index contributed by atoms with van der Waals surface area (Å²) in [6.45, 7) is 7.92. The van der Waals surface area contributed by atoms with Gasteiger partial charge in [0.25, 0.3) is 0 Å². The van der Waals surface area contributed by atoms with Crippen LogP contribution in [0.1, 0.15) is 43.1 Å². The molecule has 3 nitrogen and oxygen atoms in total. The molecule has 0 bridgehead atoms. The molecule has 0 fully saturated rings. The molecule has 4 heteroatoms. The van der Waals surface area contributed by atoms with Crippen LogP contribution in [-0.2, 0) is 13.0 Å². The predicted octanol–water partition coefficient (Wildman–Crippen LogP) is 3.96. The third kappa shape index (κ3) is 4.05. The Balaban J connectivity index is 1.90. The first-order chi connectivity index (χ1) is 9.72. The highest BCUT2D eigenvalue weighted by Gasteiger charge is 2.04. The molecule has 0 saturated heterocycles. The van der Waals surface area contributed by atoms with Crippen LogP contribution >= 0.6 is 11.3 Å². The number of aryl methyl sites for hydroxylation is 1. The summed E-state index contributed by atoms with van der Waals surface area (Å²) in [7, 11) is 0. The minimum Gasteiger partial charge on any atom is -0.487 e. The number of benzene rings is 1. The number of hydrogen-bond donors (Lipinski definition) is 1. The van der Waals surface area contributed by atoms with Crippen molar-refractivity contribution in [1.29, 1.82) is 0 Å². The first-order valence-corrected chi connectivity index (χ1v) is 8.00. The van der Waals surface area contributed by atoms with E-state index in [1.54, 1.807) is 11.3 Å². The summed E-state index contributed by atoms with van der Waals surface area (Å²) in [6.07, 6.45) is 0.988. The van der Waals surface area contributed by atoms with Gasteiger partial charge in [-0.1, -0.05) is 26.0 Å². The highest BCUT2D eigenvalue weighted by molar-refractivity contribution is 7.09. The molecule has 0 radical (unpaired) electrons. The van der Waals surface area contributed by atoms with Crippen LogP contribution in [0, 0.1) is 0 Å². The van der Waals surface area contributed by atoms with Gasteiger partial charge in [0.15, 0.2) is 0 Å². The summed E-state index contributed by atoms with van der Waals surface area (Å²) in [5.74, 6) is 0.892. The molecule has 0 saturated carbocycles. The van der Waals surface area contributed by atoms with Crippen LogP contribution in [0.5, 0.6) is 5.75 Å². The number of nitrogens with one attached hydrogen (secondary N) is 1. The average molecular weight is 290 g/mol. The van der Waals surface area contributed by atoms with Crippen molar-refractivity contribution in [3.05, 3.63) is 45.9 Å². The smallest absolute Gasteiger partial charge is 0.131 e. The summed E-state index contributed by atoms with van der Waals surface area (Å²) >= 11 is 1.70. The molecule has 0 aliphatic rings. The highest BCUT2D eigenvalue weighted by atomic mass is 32.1. The minimum atomic E-state index is 0.375. The molecule has 0 aliphatic heterocycles. The minimum absolute atomic E-state index is 0.375. The van der Waals surface area contributed by atoms with E-state index in [9.17, 15) is 0 Å². The molecule has 0 aliphatic carbocycles. The lowest BCUT2D eigenvalue weighted by molar-refractivity contribution is 0.302. The molecule has 20 heavy (non-hydrogen) atoms. The topological polar surface area (TPSA) is 34.1 Å². The van der Waals surface area contributed by atoms with Gasteiger partial charge in [0.1, 0.15) is 12.4 Å². The maximum atomic E-state index is 5.77. The highest BCUT2D eigenvalue weighted by Crippen LogP contribution is 2.19. The van der Waals surface area contributed by atoms with Gasteiger partial charge < -0.3 is 10.1 Å². The number of aromatic nitrogens is 1. The summed E-state index contributed by atoms with van der Waals surface area (Å²) in [6, 6.07) is 8.65. The summed E-state index contributed by atoms with van der Waals surface area (Å²) in [5.41, 5.74) is 2.29. The Morgan fingerprint density at radius 2 is 2.00 bits per heavy atom. The van der Waals surface area contributed by atoms with Crippen molar-refractivity contribution in [3.63, 3.8) is 0 Å². The Bertz CT molecular complexity index is 522. The first kappa shape index (κ1) is 15.0. The van der Waals surface area contributed by atoms with E-state index in [2.05, 4.69) is 48.6 Å². The normalized spacial score (nSPS) is 12.3. The lowest BCUT2D eigenvalue weighted by Crippen LogP contribution is -2.17. The van der Waals surface area contributed by atoms with Crippen molar-refractivity contribution >= 4 is 11.3 Å². The van der Waals surface area contributed by atoms with E-state index < -0.39 is 0 Å². The van der Waals surface area contributed by atoms with E-state index in [1.807, 2.05) is 12.1 Å². The molecule has 0 amide bonds. The quantitative estimate of drug-likeness (QED) is 0.838. The number of nitrogens with zero attached hydrogens (tertiary/aromatic N) is 1. The van der Waals surface area contributed by atoms with Gasteiger partial charge in [-0.25, -0.2) is 4.98 Å². The van der Waals surface area contributed by atoms with Crippen molar-refractivity contribution in [2.24, 2.45) is 0 Å². The maximum Gasteiger partial charge on any atom is 0.131 e. The zero-order valence-electron chi connectivity index (χ0n) is 12.3. The maximum absolute atomic E-state index is 5.77. The Kier molecular flexibility index (Phi) is 5.56. The van der Waals surface area contributed by atoms with Crippen LogP contribution in [0.4, 0.5) is 0 Å². The van der Waals surface area contributed by atoms with Crippen LogP contribution in [0.3, 0.4) is 0 Å². The molecule has 1 N–H and O–H groups in total. The second-order valence-electron chi connectivity index (χ2n) is 4.72. The monoisotopic (exact) mass is 290 g/mol. The number of thiazole rings is 1. The standard InChI is InChI=1S/C16H22N2OS/c1-4-16-18-14(11-20-16)10-19-15-8-6-13(7-9-15)12(3)17-5-2/h6-9,11-12,17H,4-5,10H2,1-3H3. The second-order valence-corrected chi connectivity index (χ2v) is 5.67. The van der Waals surface area contributed by atoms with Gasteiger partial charge in [0.2, 0.25) is 0 Å². The van der Waals surface area contributed by atoms with Crippen LogP contribution < -0.4 is 10.1 Å². The van der Waals surface area contributed by atoms with Crippen molar-refractivity contribution < 1.29 is 4.74 Å². The van der Waals surface area contributed by atoms with E-state index in [0.717, 1.165) is 24.4 Å². The summed E-state index contributed by atoms with van der Waals surface area (Å²) in [4.78, 5) is 4.50. The zero-order valence-corrected chi connectivity index (χ0v) is 13.2. The Morgan fingerprint density at radius 3 is 2.60 bits per heavy atom. The molecule has 1 atom stereocenters. The fourth-order valence-electron chi connectivity index (χ4n) is 2.01. The third-order valence-electron chi connectivity index (χ3n) is 3.18. The molecule has 0 spiro atoms. The first-order valence-electron chi connectivity index (χ1n) is 7.12.